The first-order chi connectivity index (χ1) is 7.94. The van der Waals surface area contributed by atoms with E-state index in [1.165, 1.54) is 32.1 Å². The first-order valence-corrected chi connectivity index (χ1v) is 7.23. The summed E-state index contributed by atoms with van der Waals surface area (Å²) in [7, 11) is 0. The quantitative estimate of drug-likeness (QED) is 0.788. The maximum absolute atomic E-state index is 11.3. The van der Waals surface area contributed by atoms with Crippen molar-refractivity contribution in [3.63, 3.8) is 0 Å². The van der Waals surface area contributed by atoms with Gasteiger partial charge >= 0.3 is 0 Å². The fraction of sp³-hybridized carbons (Fsp3) is 0.833. The summed E-state index contributed by atoms with van der Waals surface area (Å²) in [5.74, 6) is 0.704. The van der Waals surface area contributed by atoms with Crippen LogP contribution in [0.5, 0.6) is 0 Å². The largest absolute Gasteiger partial charge is 0.368 e. The topological polar surface area (TPSA) is 67.5 Å². The molecule has 0 radical (unpaired) electrons. The third-order valence-corrected chi connectivity index (χ3v) is 4.78. The Morgan fingerprint density at radius 1 is 1.41 bits per heavy atom. The summed E-state index contributed by atoms with van der Waals surface area (Å²) in [6.45, 7) is 3.59. The Morgan fingerprint density at radius 2 is 2.06 bits per heavy atom. The normalized spacial score (nSPS) is 23.5. The van der Waals surface area contributed by atoms with Gasteiger partial charge in [0.2, 0.25) is 5.91 Å². The third kappa shape index (κ3) is 2.76. The first kappa shape index (κ1) is 12.7. The molecule has 1 aliphatic carbocycles. The lowest BCUT2D eigenvalue weighted by Gasteiger charge is -2.29. The lowest BCUT2D eigenvalue weighted by Crippen LogP contribution is -2.52. The molecule has 0 bridgehead atoms. The molecule has 3 N–H and O–H groups in total. The van der Waals surface area contributed by atoms with Gasteiger partial charge in [0.1, 0.15) is 5.54 Å². The summed E-state index contributed by atoms with van der Waals surface area (Å²) in [6, 6.07) is 0. The Kier molecular flexibility index (Phi) is 3.39. The number of thioether (sulfide) groups is 1. The van der Waals surface area contributed by atoms with Crippen LogP contribution >= 0.6 is 11.8 Å². The van der Waals surface area contributed by atoms with Gasteiger partial charge in [-0.1, -0.05) is 31.0 Å². The molecule has 1 fully saturated rings. The highest BCUT2D eigenvalue weighted by atomic mass is 32.2. The number of amides is 1. The highest BCUT2D eigenvalue weighted by Gasteiger charge is 2.38. The van der Waals surface area contributed by atoms with Crippen molar-refractivity contribution in [3.05, 3.63) is 0 Å². The highest BCUT2D eigenvalue weighted by molar-refractivity contribution is 8.14. The van der Waals surface area contributed by atoms with Crippen molar-refractivity contribution in [2.24, 2.45) is 10.7 Å². The second-order valence-corrected chi connectivity index (χ2v) is 6.57. The summed E-state index contributed by atoms with van der Waals surface area (Å²) < 4.78 is 0. The van der Waals surface area contributed by atoms with E-state index in [1.54, 1.807) is 25.6 Å². The zero-order chi connectivity index (χ0) is 12.5. The molecule has 0 aromatic rings. The number of hydrogen-bond acceptors (Lipinski definition) is 4. The molecule has 2 aliphatic rings. The molecule has 4 nitrogen and oxygen atoms in total. The predicted molar refractivity (Wildman–Crippen MR) is 72.1 cm³/mol. The van der Waals surface area contributed by atoms with E-state index in [0.717, 1.165) is 10.9 Å². The number of nitrogens with one attached hydrogen (secondary N) is 1. The fourth-order valence-corrected chi connectivity index (χ4v) is 3.69. The van der Waals surface area contributed by atoms with Gasteiger partial charge in [0.15, 0.2) is 5.17 Å². The number of carbonyl (C=O) groups is 1. The Hall–Kier alpha value is -0.710. The van der Waals surface area contributed by atoms with Crippen LogP contribution < -0.4 is 11.1 Å². The number of amidine groups is 1. The summed E-state index contributed by atoms with van der Waals surface area (Å²) in [6.07, 6.45) is 6.24. The molecule has 1 heterocycles. The number of hydrogen-bond donors (Lipinski definition) is 2. The van der Waals surface area contributed by atoms with Crippen LogP contribution in [0.25, 0.3) is 0 Å². The van der Waals surface area contributed by atoms with Crippen LogP contribution in [0.15, 0.2) is 4.99 Å². The lowest BCUT2D eigenvalue weighted by molar-refractivity contribution is -0.122. The molecule has 0 unspecified atom stereocenters. The van der Waals surface area contributed by atoms with Crippen molar-refractivity contribution in [1.29, 1.82) is 0 Å². The zero-order valence-electron chi connectivity index (χ0n) is 10.6. The van der Waals surface area contributed by atoms with Crippen molar-refractivity contribution < 1.29 is 4.79 Å². The lowest BCUT2D eigenvalue weighted by atomic mass is 9.84. The Bertz CT molecular complexity index is 346. The molecule has 1 aliphatic heterocycles. The molecule has 0 aromatic carbocycles. The second kappa shape index (κ2) is 4.52. The number of aliphatic imine (C=N–C) groups is 1. The van der Waals surface area contributed by atoms with Crippen LogP contribution in [0, 0.1) is 0 Å². The maximum Gasteiger partial charge on any atom is 0.242 e. The van der Waals surface area contributed by atoms with Gasteiger partial charge in [-0.25, -0.2) is 0 Å². The van der Waals surface area contributed by atoms with Crippen molar-refractivity contribution >= 4 is 22.8 Å². The number of carbonyl (C=O) groups excluding carboxylic acids is 1. The minimum absolute atomic E-state index is 0.138. The van der Waals surface area contributed by atoms with E-state index in [0.29, 0.717) is 0 Å². The van der Waals surface area contributed by atoms with Crippen LogP contribution in [0.1, 0.15) is 46.0 Å². The van der Waals surface area contributed by atoms with Crippen molar-refractivity contribution in [2.45, 2.75) is 57.0 Å². The van der Waals surface area contributed by atoms with E-state index in [9.17, 15) is 4.79 Å². The van der Waals surface area contributed by atoms with Crippen molar-refractivity contribution in [1.82, 2.24) is 5.32 Å². The molecule has 96 valence electrons. The average molecular weight is 255 g/mol. The van der Waals surface area contributed by atoms with Crippen molar-refractivity contribution in [2.75, 3.05) is 5.75 Å². The third-order valence-electron chi connectivity index (χ3n) is 3.64. The van der Waals surface area contributed by atoms with Gasteiger partial charge in [-0.3, -0.25) is 9.79 Å². The highest BCUT2D eigenvalue weighted by Crippen LogP contribution is 2.39. The fourth-order valence-electron chi connectivity index (χ4n) is 2.34. The van der Waals surface area contributed by atoms with Gasteiger partial charge in [-0.15, -0.1) is 0 Å². The monoisotopic (exact) mass is 255 g/mol. The van der Waals surface area contributed by atoms with Gasteiger partial charge in [0.25, 0.3) is 0 Å². The summed E-state index contributed by atoms with van der Waals surface area (Å²) in [5, 5.41) is 4.05. The Balaban J connectivity index is 2.04. The van der Waals surface area contributed by atoms with Gasteiger partial charge in [0.05, 0.1) is 5.54 Å². The molecule has 17 heavy (non-hydrogen) atoms. The molecule has 2 rings (SSSR count). The second-order valence-electron chi connectivity index (χ2n) is 5.60. The van der Waals surface area contributed by atoms with Gasteiger partial charge in [-0.05, 0) is 26.7 Å². The van der Waals surface area contributed by atoms with Gasteiger partial charge in [-0.2, -0.15) is 0 Å². The Labute approximate surface area is 107 Å². The van der Waals surface area contributed by atoms with Gasteiger partial charge < -0.3 is 11.1 Å². The van der Waals surface area contributed by atoms with Gasteiger partial charge in [0, 0.05) is 5.75 Å². The number of primary amides is 1. The van der Waals surface area contributed by atoms with Crippen LogP contribution in [0.4, 0.5) is 0 Å². The molecule has 1 saturated carbocycles. The number of nitrogens with two attached hydrogens (primary N) is 1. The molecule has 1 spiro atoms. The Morgan fingerprint density at radius 3 is 2.65 bits per heavy atom. The molecule has 5 heteroatoms. The van der Waals surface area contributed by atoms with E-state index in [1.807, 2.05) is 0 Å². The predicted octanol–water partition coefficient (Wildman–Crippen LogP) is 1.65. The van der Waals surface area contributed by atoms with E-state index in [-0.39, 0.29) is 11.4 Å². The van der Waals surface area contributed by atoms with E-state index >= 15 is 0 Å². The molecular formula is C12H21N3OS. The first-order valence-electron chi connectivity index (χ1n) is 6.24. The minimum Gasteiger partial charge on any atom is -0.368 e. The molecule has 1 amide bonds. The maximum atomic E-state index is 11.3. The summed E-state index contributed by atoms with van der Waals surface area (Å²) >= 11 is 1.72. The van der Waals surface area contributed by atoms with Crippen LogP contribution in [-0.4, -0.2) is 27.9 Å². The summed E-state index contributed by atoms with van der Waals surface area (Å²) in [4.78, 5) is 16.1. The molecule has 0 saturated heterocycles. The molecular weight excluding hydrogens is 234 g/mol. The van der Waals surface area contributed by atoms with E-state index in [4.69, 9.17) is 10.7 Å². The van der Waals surface area contributed by atoms with Crippen LogP contribution in [-0.2, 0) is 4.79 Å². The molecule has 0 atom stereocenters. The smallest absolute Gasteiger partial charge is 0.242 e. The molecule has 0 aromatic heterocycles. The van der Waals surface area contributed by atoms with Crippen molar-refractivity contribution in [3.8, 4) is 0 Å². The SMILES string of the molecule is CC(C)(NC1=NC2(CCCCC2)CS1)C(N)=O. The number of nitrogens with zero attached hydrogens (tertiary/aromatic N) is 1. The standard InChI is InChI=1S/C12H21N3OS/c1-11(2,9(13)16)14-10-15-12(8-17-10)6-4-3-5-7-12/h3-8H2,1-2H3,(H2,13,16)(H,14,15). The van der Waals surface area contributed by atoms with E-state index < -0.39 is 5.54 Å². The summed E-state index contributed by atoms with van der Waals surface area (Å²) in [5.41, 5.74) is 4.77. The van der Waals surface area contributed by atoms with E-state index in [2.05, 4.69) is 5.32 Å². The van der Waals surface area contributed by atoms with Crippen LogP contribution in [0.2, 0.25) is 0 Å². The average Bonchev–Trinajstić information content (AvgIpc) is 2.61. The zero-order valence-corrected chi connectivity index (χ0v) is 11.4. The minimum atomic E-state index is -0.716. The van der Waals surface area contributed by atoms with Crippen LogP contribution in [0.3, 0.4) is 0 Å². The number of rotatable bonds is 2.